The van der Waals surface area contributed by atoms with Gasteiger partial charge in [-0.25, -0.2) is 0 Å². The number of fused-ring (bicyclic) bond motifs is 1. The summed E-state index contributed by atoms with van der Waals surface area (Å²) in [6.07, 6.45) is 0.491. The highest BCUT2D eigenvalue weighted by Crippen LogP contribution is 2.32. The van der Waals surface area contributed by atoms with Gasteiger partial charge in [0.25, 0.3) is 0 Å². The summed E-state index contributed by atoms with van der Waals surface area (Å²) in [5.74, 6) is 0.0375. The second-order valence-corrected chi connectivity index (χ2v) is 6.49. The largest absolute Gasteiger partial charge is 0.398 e. The first kappa shape index (κ1) is 14.4. The third kappa shape index (κ3) is 3.10. The first-order valence-electron chi connectivity index (χ1n) is 6.85. The molecule has 0 bridgehead atoms. The Kier molecular flexibility index (Phi) is 3.71. The molecule has 0 atom stereocenters. The van der Waals surface area contributed by atoms with Gasteiger partial charge in [-0.1, -0.05) is 45.0 Å². The fourth-order valence-corrected chi connectivity index (χ4v) is 2.38. The van der Waals surface area contributed by atoms with Crippen LogP contribution in [0.25, 0.3) is 10.8 Å². The zero-order valence-electron chi connectivity index (χ0n) is 12.6. The van der Waals surface area contributed by atoms with Gasteiger partial charge in [0, 0.05) is 22.9 Å². The number of benzene rings is 2. The SMILES string of the molecule is Cc1cc(N)c2ccccc2c1NC(=O)CC(C)(C)C. The van der Waals surface area contributed by atoms with Gasteiger partial charge >= 0.3 is 0 Å². The first-order chi connectivity index (χ1) is 9.28. The van der Waals surface area contributed by atoms with E-state index < -0.39 is 0 Å². The highest BCUT2D eigenvalue weighted by Gasteiger charge is 2.17. The minimum atomic E-state index is -0.0262. The lowest BCUT2D eigenvalue weighted by Crippen LogP contribution is -2.20. The maximum absolute atomic E-state index is 12.2. The maximum atomic E-state index is 12.2. The first-order valence-corrected chi connectivity index (χ1v) is 6.85. The van der Waals surface area contributed by atoms with Crippen molar-refractivity contribution in [1.29, 1.82) is 0 Å². The zero-order valence-corrected chi connectivity index (χ0v) is 12.6. The number of amides is 1. The molecule has 0 aromatic heterocycles. The molecule has 20 heavy (non-hydrogen) atoms. The lowest BCUT2D eigenvalue weighted by Gasteiger charge is -2.19. The van der Waals surface area contributed by atoms with E-state index in [1.807, 2.05) is 37.3 Å². The fraction of sp³-hybridized carbons (Fsp3) is 0.353. The van der Waals surface area contributed by atoms with Crippen LogP contribution in [0.1, 0.15) is 32.8 Å². The van der Waals surface area contributed by atoms with Crippen LogP contribution in [0, 0.1) is 12.3 Å². The van der Waals surface area contributed by atoms with Crippen LogP contribution in [0.2, 0.25) is 0 Å². The number of anilines is 2. The number of aryl methyl sites for hydroxylation is 1. The molecule has 3 nitrogen and oxygen atoms in total. The number of nitrogen functional groups attached to an aromatic ring is 1. The van der Waals surface area contributed by atoms with Gasteiger partial charge in [0.05, 0.1) is 5.69 Å². The van der Waals surface area contributed by atoms with Crippen molar-refractivity contribution in [2.45, 2.75) is 34.1 Å². The van der Waals surface area contributed by atoms with Crippen molar-refractivity contribution in [3.63, 3.8) is 0 Å². The molecule has 0 spiro atoms. The number of rotatable bonds is 2. The molecule has 0 saturated heterocycles. The molecular weight excluding hydrogens is 248 g/mol. The predicted molar refractivity (Wildman–Crippen MR) is 85.8 cm³/mol. The molecule has 0 aliphatic rings. The average molecular weight is 270 g/mol. The van der Waals surface area contributed by atoms with E-state index in [4.69, 9.17) is 5.73 Å². The summed E-state index contributed by atoms with van der Waals surface area (Å²) in [6, 6.07) is 9.79. The van der Waals surface area contributed by atoms with Gasteiger partial charge in [0.1, 0.15) is 0 Å². The van der Waals surface area contributed by atoms with Crippen LogP contribution in [0.15, 0.2) is 30.3 Å². The number of carbonyl (C=O) groups is 1. The molecule has 0 aliphatic carbocycles. The lowest BCUT2D eigenvalue weighted by molar-refractivity contribution is -0.117. The average Bonchev–Trinajstić information content (AvgIpc) is 2.32. The van der Waals surface area contributed by atoms with E-state index in [0.717, 1.165) is 27.7 Å². The van der Waals surface area contributed by atoms with Crippen molar-refractivity contribution in [1.82, 2.24) is 0 Å². The molecule has 0 aliphatic heterocycles. The second-order valence-electron chi connectivity index (χ2n) is 6.49. The molecule has 2 rings (SSSR count). The van der Waals surface area contributed by atoms with Gasteiger partial charge in [-0.2, -0.15) is 0 Å². The van der Waals surface area contributed by atoms with Gasteiger partial charge in [-0.3, -0.25) is 4.79 Å². The smallest absolute Gasteiger partial charge is 0.224 e. The number of hydrogen-bond donors (Lipinski definition) is 2. The molecule has 3 heteroatoms. The standard InChI is InChI=1S/C17H22N2O/c1-11-9-14(18)12-7-5-6-8-13(12)16(11)19-15(20)10-17(2,3)4/h5-9H,10,18H2,1-4H3,(H,19,20). The van der Waals surface area contributed by atoms with E-state index in [-0.39, 0.29) is 11.3 Å². The number of nitrogens with two attached hydrogens (primary N) is 1. The summed E-state index contributed by atoms with van der Waals surface area (Å²) in [5, 5.41) is 5.01. The van der Waals surface area contributed by atoms with E-state index in [0.29, 0.717) is 6.42 Å². The van der Waals surface area contributed by atoms with E-state index in [9.17, 15) is 4.79 Å². The van der Waals surface area contributed by atoms with Crippen molar-refractivity contribution in [3.8, 4) is 0 Å². The molecule has 2 aromatic carbocycles. The Morgan fingerprint density at radius 1 is 1.20 bits per heavy atom. The Morgan fingerprint density at radius 2 is 1.80 bits per heavy atom. The summed E-state index contributed by atoms with van der Waals surface area (Å²) in [5.41, 5.74) is 8.62. The second kappa shape index (κ2) is 5.16. The number of carbonyl (C=O) groups excluding carboxylic acids is 1. The molecule has 0 heterocycles. The topological polar surface area (TPSA) is 55.1 Å². The lowest BCUT2D eigenvalue weighted by atomic mass is 9.91. The van der Waals surface area contributed by atoms with Gasteiger partial charge < -0.3 is 11.1 Å². The molecule has 0 fully saturated rings. The van der Waals surface area contributed by atoms with Crippen molar-refractivity contribution in [3.05, 3.63) is 35.9 Å². The highest BCUT2D eigenvalue weighted by atomic mass is 16.1. The molecule has 2 aromatic rings. The Labute approximate surface area is 120 Å². The summed E-state index contributed by atoms with van der Waals surface area (Å²) >= 11 is 0. The minimum absolute atomic E-state index is 0.0262. The van der Waals surface area contributed by atoms with E-state index >= 15 is 0 Å². The fourth-order valence-electron chi connectivity index (χ4n) is 2.38. The van der Waals surface area contributed by atoms with Gasteiger partial charge in [-0.15, -0.1) is 0 Å². The summed E-state index contributed by atoms with van der Waals surface area (Å²) < 4.78 is 0. The quantitative estimate of drug-likeness (QED) is 0.807. The van der Waals surface area contributed by atoms with Crippen molar-refractivity contribution < 1.29 is 4.79 Å². The summed E-state index contributed by atoms with van der Waals surface area (Å²) in [4.78, 5) is 12.2. The minimum Gasteiger partial charge on any atom is -0.398 e. The van der Waals surface area contributed by atoms with Crippen molar-refractivity contribution >= 4 is 28.1 Å². The van der Waals surface area contributed by atoms with Crippen molar-refractivity contribution in [2.24, 2.45) is 5.41 Å². The molecular formula is C17H22N2O. The third-order valence-corrected chi connectivity index (χ3v) is 3.23. The summed E-state index contributed by atoms with van der Waals surface area (Å²) in [7, 11) is 0. The van der Waals surface area contributed by atoms with Gasteiger partial charge in [-0.05, 0) is 24.0 Å². The van der Waals surface area contributed by atoms with Crippen LogP contribution in [0.4, 0.5) is 11.4 Å². The van der Waals surface area contributed by atoms with Crippen LogP contribution in [-0.2, 0) is 4.79 Å². The van der Waals surface area contributed by atoms with Crippen LogP contribution < -0.4 is 11.1 Å². The van der Waals surface area contributed by atoms with Crippen LogP contribution in [0.3, 0.4) is 0 Å². The molecule has 3 N–H and O–H groups in total. The van der Waals surface area contributed by atoms with Crippen LogP contribution in [-0.4, -0.2) is 5.91 Å². The van der Waals surface area contributed by atoms with Crippen LogP contribution in [0.5, 0.6) is 0 Å². The predicted octanol–water partition coefficient (Wildman–Crippen LogP) is 4.11. The third-order valence-electron chi connectivity index (χ3n) is 3.23. The van der Waals surface area contributed by atoms with Crippen LogP contribution >= 0.6 is 0 Å². The highest BCUT2D eigenvalue weighted by molar-refractivity contribution is 6.07. The van der Waals surface area contributed by atoms with E-state index in [1.54, 1.807) is 0 Å². The number of nitrogens with one attached hydrogen (secondary N) is 1. The van der Waals surface area contributed by atoms with Gasteiger partial charge in [0.15, 0.2) is 0 Å². The molecule has 0 unspecified atom stereocenters. The Morgan fingerprint density at radius 3 is 2.40 bits per heavy atom. The monoisotopic (exact) mass is 270 g/mol. The Bertz CT molecular complexity index is 654. The molecule has 1 amide bonds. The van der Waals surface area contributed by atoms with E-state index in [2.05, 4.69) is 26.1 Å². The molecule has 0 radical (unpaired) electrons. The molecule has 0 saturated carbocycles. The maximum Gasteiger partial charge on any atom is 0.224 e. The summed E-state index contributed by atoms with van der Waals surface area (Å²) in [6.45, 7) is 8.14. The van der Waals surface area contributed by atoms with Gasteiger partial charge in [0.2, 0.25) is 5.91 Å². The number of hydrogen-bond acceptors (Lipinski definition) is 2. The van der Waals surface area contributed by atoms with E-state index in [1.165, 1.54) is 0 Å². The Hall–Kier alpha value is -2.03. The Balaban J connectivity index is 2.42. The van der Waals surface area contributed by atoms with Crippen molar-refractivity contribution in [2.75, 3.05) is 11.1 Å². The molecule has 106 valence electrons. The zero-order chi connectivity index (χ0) is 14.9. The normalized spacial score (nSPS) is 11.6.